The Morgan fingerprint density at radius 2 is 2.33 bits per heavy atom. The van der Waals surface area contributed by atoms with Gasteiger partial charge in [0.1, 0.15) is 12.2 Å². The van der Waals surface area contributed by atoms with Gasteiger partial charge in [0, 0.05) is 25.1 Å². The van der Waals surface area contributed by atoms with E-state index >= 15 is 0 Å². The molecular weight excluding hydrogens is 230 g/mol. The van der Waals surface area contributed by atoms with Crippen LogP contribution in [-0.2, 0) is 13.0 Å². The Morgan fingerprint density at radius 3 is 3.06 bits per heavy atom. The van der Waals surface area contributed by atoms with Gasteiger partial charge in [-0.1, -0.05) is 12.1 Å². The summed E-state index contributed by atoms with van der Waals surface area (Å²) in [7, 11) is 0. The predicted octanol–water partition coefficient (Wildman–Crippen LogP) is 0.236. The van der Waals surface area contributed by atoms with E-state index in [-0.39, 0.29) is 5.91 Å². The molecule has 0 saturated heterocycles. The predicted molar refractivity (Wildman–Crippen MR) is 66.8 cm³/mol. The van der Waals surface area contributed by atoms with Crippen molar-refractivity contribution in [1.29, 1.82) is 0 Å². The molecule has 18 heavy (non-hydrogen) atoms. The maximum absolute atomic E-state index is 11.8. The van der Waals surface area contributed by atoms with E-state index in [2.05, 4.69) is 20.5 Å². The fourth-order valence-corrected chi connectivity index (χ4v) is 1.59. The summed E-state index contributed by atoms with van der Waals surface area (Å²) in [5.41, 5.74) is 7.10. The van der Waals surface area contributed by atoms with E-state index in [1.807, 2.05) is 12.1 Å². The fourth-order valence-electron chi connectivity index (χ4n) is 1.59. The molecule has 1 amide bonds. The van der Waals surface area contributed by atoms with Crippen molar-refractivity contribution < 1.29 is 4.79 Å². The zero-order chi connectivity index (χ0) is 12.8. The molecule has 0 unspecified atom stereocenters. The summed E-state index contributed by atoms with van der Waals surface area (Å²) in [5, 5.41) is 9.30. The number of nitrogens with two attached hydrogens (primary N) is 1. The van der Waals surface area contributed by atoms with Crippen LogP contribution >= 0.6 is 0 Å². The molecule has 6 nitrogen and oxygen atoms in total. The summed E-state index contributed by atoms with van der Waals surface area (Å²) in [5.74, 6) is 0.649. The summed E-state index contributed by atoms with van der Waals surface area (Å²) >= 11 is 0. The molecule has 1 aromatic carbocycles. The minimum atomic E-state index is -0.107. The number of hydrogen-bond donors (Lipinski definition) is 3. The lowest BCUT2D eigenvalue weighted by Crippen LogP contribution is -2.26. The van der Waals surface area contributed by atoms with Gasteiger partial charge in [-0.2, -0.15) is 5.10 Å². The molecule has 0 spiro atoms. The van der Waals surface area contributed by atoms with Crippen LogP contribution in [0.3, 0.4) is 0 Å². The van der Waals surface area contributed by atoms with Crippen LogP contribution < -0.4 is 11.1 Å². The molecule has 0 aliphatic rings. The number of aromatic amines is 1. The lowest BCUT2D eigenvalue weighted by Gasteiger charge is -2.05. The number of carbonyl (C=O) groups excluding carboxylic acids is 1. The first-order chi connectivity index (χ1) is 8.79. The molecule has 2 rings (SSSR count). The van der Waals surface area contributed by atoms with Gasteiger partial charge in [-0.15, -0.1) is 0 Å². The van der Waals surface area contributed by atoms with E-state index in [1.165, 1.54) is 6.33 Å². The van der Waals surface area contributed by atoms with Crippen molar-refractivity contribution in [3.63, 3.8) is 0 Å². The van der Waals surface area contributed by atoms with Gasteiger partial charge in [-0.05, 0) is 17.7 Å². The zero-order valence-electron chi connectivity index (χ0n) is 9.89. The summed E-state index contributed by atoms with van der Waals surface area (Å²) in [6.07, 6.45) is 2.07. The van der Waals surface area contributed by atoms with E-state index in [1.54, 1.807) is 12.1 Å². The Hall–Kier alpha value is -2.21. The number of rotatable bonds is 5. The molecule has 6 heteroatoms. The third-order valence-corrected chi connectivity index (χ3v) is 2.54. The number of nitrogens with zero attached hydrogens (tertiary/aromatic N) is 2. The molecule has 1 aromatic heterocycles. The van der Waals surface area contributed by atoms with Crippen LogP contribution in [0.1, 0.15) is 21.7 Å². The number of aromatic nitrogens is 3. The van der Waals surface area contributed by atoms with Crippen LogP contribution in [0.15, 0.2) is 30.6 Å². The Bertz CT molecular complexity index is 509. The Labute approximate surface area is 105 Å². The Kier molecular flexibility index (Phi) is 4.03. The maximum atomic E-state index is 11.8. The van der Waals surface area contributed by atoms with Crippen molar-refractivity contribution in [2.45, 2.75) is 13.0 Å². The molecule has 0 atom stereocenters. The molecule has 2 aromatic rings. The van der Waals surface area contributed by atoms with E-state index < -0.39 is 0 Å². The second-order valence-corrected chi connectivity index (χ2v) is 3.84. The number of hydrogen-bond acceptors (Lipinski definition) is 4. The standard InChI is InChI=1S/C12H15N5O/c13-7-9-2-1-3-10(6-9)12(18)14-5-4-11-15-8-16-17-11/h1-3,6,8H,4-5,7,13H2,(H,14,18)(H,15,16,17). The second kappa shape index (κ2) is 5.92. The minimum Gasteiger partial charge on any atom is -0.352 e. The lowest BCUT2D eigenvalue weighted by atomic mass is 10.1. The zero-order valence-corrected chi connectivity index (χ0v) is 9.89. The van der Waals surface area contributed by atoms with Crippen LogP contribution in [0.2, 0.25) is 0 Å². The van der Waals surface area contributed by atoms with E-state index in [0.29, 0.717) is 25.1 Å². The SMILES string of the molecule is NCc1cccc(C(=O)NCCc2ncn[nH]2)c1. The average molecular weight is 245 g/mol. The molecule has 0 fully saturated rings. The quantitative estimate of drug-likeness (QED) is 0.702. The summed E-state index contributed by atoms with van der Waals surface area (Å²) in [6.45, 7) is 0.945. The van der Waals surface area contributed by atoms with Crippen molar-refractivity contribution >= 4 is 5.91 Å². The maximum Gasteiger partial charge on any atom is 0.251 e. The largest absolute Gasteiger partial charge is 0.352 e. The van der Waals surface area contributed by atoms with Crippen molar-refractivity contribution in [1.82, 2.24) is 20.5 Å². The monoisotopic (exact) mass is 245 g/mol. The van der Waals surface area contributed by atoms with E-state index in [9.17, 15) is 4.79 Å². The summed E-state index contributed by atoms with van der Waals surface area (Å²) in [6, 6.07) is 7.28. The number of carbonyl (C=O) groups is 1. The highest BCUT2D eigenvalue weighted by atomic mass is 16.1. The first-order valence-electron chi connectivity index (χ1n) is 5.71. The molecule has 0 bridgehead atoms. The van der Waals surface area contributed by atoms with Crippen molar-refractivity contribution in [3.8, 4) is 0 Å². The molecule has 0 radical (unpaired) electrons. The molecule has 1 heterocycles. The van der Waals surface area contributed by atoms with Crippen LogP contribution in [0.5, 0.6) is 0 Å². The van der Waals surface area contributed by atoms with Crippen molar-refractivity contribution in [2.75, 3.05) is 6.54 Å². The van der Waals surface area contributed by atoms with E-state index in [0.717, 1.165) is 11.4 Å². The van der Waals surface area contributed by atoms with Crippen LogP contribution in [0.4, 0.5) is 0 Å². The highest BCUT2D eigenvalue weighted by Crippen LogP contribution is 2.04. The first kappa shape index (κ1) is 12.3. The second-order valence-electron chi connectivity index (χ2n) is 3.84. The fraction of sp³-hybridized carbons (Fsp3) is 0.250. The van der Waals surface area contributed by atoms with Crippen LogP contribution in [0, 0.1) is 0 Å². The highest BCUT2D eigenvalue weighted by molar-refractivity contribution is 5.94. The third kappa shape index (κ3) is 3.14. The minimum absolute atomic E-state index is 0.107. The molecule has 0 aliphatic carbocycles. The van der Waals surface area contributed by atoms with Gasteiger partial charge >= 0.3 is 0 Å². The lowest BCUT2D eigenvalue weighted by molar-refractivity contribution is 0.0954. The average Bonchev–Trinajstić information content (AvgIpc) is 2.92. The summed E-state index contributed by atoms with van der Waals surface area (Å²) < 4.78 is 0. The topological polar surface area (TPSA) is 96.7 Å². The van der Waals surface area contributed by atoms with Gasteiger partial charge in [0.15, 0.2) is 0 Å². The highest BCUT2D eigenvalue weighted by Gasteiger charge is 2.05. The van der Waals surface area contributed by atoms with Crippen LogP contribution in [-0.4, -0.2) is 27.6 Å². The molecule has 94 valence electrons. The first-order valence-corrected chi connectivity index (χ1v) is 5.71. The molecule has 0 aliphatic heterocycles. The van der Waals surface area contributed by atoms with Gasteiger partial charge in [0.2, 0.25) is 0 Å². The van der Waals surface area contributed by atoms with E-state index in [4.69, 9.17) is 5.73 Å². The Morgan fingerprint density at radius 1 is 1.44 bits per heavy atom. The Balaban J connectivity index is 1.87. The number of amides is 1. The molecule has 0 saturated carbocycles. The van der Waals surface area contributed by atoms with Crippen molar-refractivity contribution in [2.24, 2.45) is 5.73 Å². The number of H-pyrrole nitrogens is 1. The third-order valence-electron chi connectivity index (χ3n) is 2.54. The van der Waals surface area contributed by atoms with Gasteiger partial charge < -0.3 is 11.1 Å². The van der Waals surface area contributed by atoms with Gasteiger partial charge in [0.25, 0.3) is 5.91 Å². The smallest absolute Gasteiger partial charge is 0.251 e. The summed E-state index contributed by atoms with van der Waals surface area (Å²) in [4.78, 5) is 15.8. The molecular formula is C12H15N5O. The number of nitrogens with one attached hydrogen (secondary N) is 2. The van der Waals surface area contributed by atoms with Crippen molar-refractivity contribution in [3.05, 3.63) is 47.5 Å². The van der Waals surface area contributed by atoms with Gasteiger partial charge in [-0.3, -0.25) is 9.89 Å². The van der Waals surface area contributed by atoms with Crippen LogP contribution in [0.25, 0.3) is 0 Å². The number of benzene rings is 1. The van der Waals surface area contributed by atoms with Gasteiger partial charge in [0.05, 0.1) is 0 Å². The molecule has 4 N–H and O–H groups in total. The van der Waals surface area contributed by atoms with Gasteiger partial charge in [-0.25, -0.2) is 4.98 Å². The normalized spacial score (nSPS) is 10.3.